The van der Waals surface area contributed by atoms with E-state index in [1.54, 1.807) is 12.1 Å². The van der Waals surface area contributed by atoms with Gasteiger partial charge < -0.3 is 4.74 Å². The fourth-order valence-corrected chi connectivity index (χ4v) is 4.43. The van der Waals surface area contributed by atoms with Gasteiger partial charge in [0.05, 0.1) is 12.8 Å². The van der Waals surface area contributed by atoms with Crippen molar-refractivity contribution in [1.82, 2.24) is 4.90 Å². The number of carbonyl (C=O) groups is 1. The summed E-state index contributed by atoms with van der Waals surface area (Å²) in [5.41, 5.74) is 0.993. The first kappa shape index (κ1) is 11.7. The second-order valence-corrected chi connectivity index (χ2v) is 7.20. The molecule has 3 nitrogen and oxygen atoms in total. The molecule has 0 aliphatic carbocycles. The number of fused-ring (bicyclic) bond motifs is 2. The molecule has 130 valence electrons. The van der Waals surface area contributed by atoms with Crippen LogP contribution in [-0.4, -0.2) is 30.0 Å². The van der Waals surface area contributed by atoms with E-state index in [0.29, 0.717) is 11.1 Å². The molecule has 2 aliphatic heterocycles. The molecule has 0 saturated carbocycles. The van der Waals surface area contributed by atoms with Gasteiger partial charge >= 0.3 is 5.97 Å². The van der Waals surface area contributed by atoms with Crippen molar-refractivity contribution in [2.75, 3.05) is 7.05 Å². The SMILES string of the molecule is [2H]c1c([2H])c([2H])c(OC(=O)[C@H]2[C@@H](c3ccc(Cl)cc3)C[C@@H]3CC[C@H]2N3C)c([2H])c1[2H]. The van der Waals surface area contributed by atoms with Crippen LogP contribution in [0.4, 0.5) is 0 Å². The van der Waals surface area contributed by atoms with Gasteiger partial charge in [-0.15, -0.1) is 0 Å². The first-order valence-electron chi connectivity index (χ1n) is 11.0. The van der Waals surface area contributed by atoms with Crippen LogP contribution in [0.15, 0.2) is 54.5 Å². The third-order valence-corrected chi connectivity index (χ3v) is 5.77. The van der Waals surface area contributed by atoms with Crippen LogP contribution in [0.25, 0.3) is 0 Å². The van der Waals surface area contributed by atoms with Crippen molar-refractivity contribution in [3.63, 3.8) is 0 Å². The van der Waals surface area contributed by atoms with Gasteiger partial charge in [-0.1, -0.05) is 41.9 Å². The Balaban J connectivity index is 1.71. The maximum absolute atomic E-state index is 13.4. The molecular formula is C21H22ClNO2. The van der Waals surface area contributed by atoms with E-state index >= 15 is 0 Å². The summed E-state index contributed by atoms with van der Waals surface area (Å²) >= 11 is 6.03. The number of carbonyl (C=O) groups excluding carboxylic acids is 1. The van der Waals surface area contributed by atoms with Crippen LogP contribution in [0.5, 0.6) is 5.75 Å². The van der Waals surface area contributed by atoms with E-state index in [4.69, 9.17) is 23.2 Å². The average molecular weight is 361 g/mol. The molecule has 0 N–H and O–H groups in total. The van der Waals surface area contributed by atoms with Crippen molar-refractivity contribution in [3.8, 4) is 5.75 Å². The number of esters is 1. The van der Waals surface area contributed by atoms with E-state index in [9.17, 15) is 4.79 Å². The first-order chi connectivity index (χ1) is 14.2. The summed E-state index contributed by atoms with van der Waals surface area (Å²) in [6.07, 6.45) is 2.63. The fraction of sp³-hybridized carbons (Fsp3) is 0.381. The molecule has 4 atom stereocenters. The lowest BCUT2D eigenvalue weighted by Gasteiger charge is -2.41. The number of piperidine rings is 1. The van der Waals surface area contributed by atoms with Crippen LogP contribution in [0.1, 0.15) is 37.6 Å². The molecule has 2 fully saturated rings. The molecule has 2 aromatic carbocycles. The zero-order chi connectivity index (χ0) is 21.7. The number of ether oxygens (including phenoxy) is 1. The van der Waals surface area contributed by atoms with E-state index in [1.807, 2.05) is 19.2 Å². The Bertz CT molecular complexity index is 971. The molecule has 4 rings (SSSR count). The van der Waals surface area contributed by atoms with Crippen molar-refractivity contribution >= 4 is 17.6 Å². The topological polar surface area (TPSA) is 29.5 Å². The molecule has 2 aliphatic rings. The minimum Gasteiger partial charge on any atom is -0.426 e. The standard InChI is InChI=1S/C21H22ClNO2/c1-23-16-11-12-19(23)20(21(24)25-17-5-3-2-4-6-17)18(13-16)14-7-9-15(22)10-8-14/h2-10,16,18-20H,11-13H2,1H3/t16-,18+,19+,20-/m0/s1/i2D,3D,4D,5D,6D. The lowest BCUT2D eigenvalue weighted by molar-refractivity contribution is -0.143. The lowest BCUT2D eigenvalue weighted by atomic mass is 9.76. The Morgan fingerprint density at radius 1 is 1.20 bits per heavy atom. The highest BCUT2D eigenvalue weighted by molar-refractivity contribution is 6.30. The molecule has 2 heterocycles. The highest BCUT2D eigenvalue weighted by Crippen LogP contribution is 2.46. The second kappa shape index (κ2) is 6.81. The predicted molar refractivity (Wildman–Crippen MR) is 99.0 cm³/mol. The van der Waals surface area contributed by atoms with E-state index in [1.165, 1.54) is 0 Å². The minimum absolute atomic E-state index is 0.0262. The normalized spacial score (nSPS) is 31.5. The largest absolute Gasteiger partial charge is 0.426 e. The van der Waals surface area contributed by atoms with Gasteiger partial charge in [0.1, 0.15) is 5.75 Å². The highest BCUT2D eigenvalue weighted by atomic mass is 35.5. The van der Waals surface area contributed by atoms with Gasteiger partial charge in [-0.25, -0.2) is 0 Å². The molecule has 0 spiro atoms. The van der Waals surface area contributed by atoms with E-state index in [0.717, 1.165) is 24.8 Å². The van der Waals surface area contributed by atoms with Gasteiger partial charge in [0, 0.05) is 23.0 Å². The van der Waals surface area contributed by atoms with Crippen molar-refractivity contribution in [2.24, 2.45) is 5.92 Å². The summed E-state index contributed by atoms with van der Waals surface area (Å²) in [7, 11) is 2.01. The smallest absolute Gasteiger partial charge is 0.316 e. The van der Waals surface area contributed by atoms with Crippen LogP contribution in [0.3, 0.4) is 0 Å². The summed E-state index contributed by atoms with van der Waals surface area (Å²) in [6.45, 7) is 0. The third-order valence-electron chi connectivity index (χ3n) is 5.52. The Morgan fingerprint density at radius 2 is 1.92 bits per heavy atom. The fourth-order valence-electron chi connectivity index (χ4n) is 4.30. The zero-order valence-electron chi connectivity index (χ0n) is 18.9. The molecule has 2 saturated heterocycles. The zero-order valence-corrected chi connectivity index (χ0v) is 14.6. The van der Waals surface area contributed by atoms with E-state index in [-0.39, 0.29) is 12.0 Å². The van der Waals surface area contributed by atoms with Crippen LogP contribution in [0, 0.1) is 5.92 Å². The summed E-state index contributed by atoms with van der Waals surface area (Å²) < 4.78 is 45.0. The first-order valence-corrected chi connectivity index (χ1v) is 8.84. The molecular weight excluding hydrogens is 334 g/mol. The lowest BCUT2D eigenvalue weighted by Crippen LogP contribution is -2.49. The number of rotatable bonds is 3. The predicted octanol–water partition coefficient (Wildman–Crippen LogP) is 4.51. The van der Waals surface area contributed by atoms with Crippen LogP contribution in [0.2, 0.25) is 5.02 Å². The maximum atomic E-state index is 13.4. The molecule has 2 bridgehead atoms. The Morgan fingerprint density at radius 3 is 2.64 bits per heavy atom. The summed E-state index contributed by atoms with van der Waals surface area (Å²) in [6, 6.07) is 5.22. The highest BCUT2D eigenvalue weighted by Gasteiger charge is 2.49. The maximum Gasteiger partial charge on any atom is 0.316 e. The van der Waals surface area contributed by atoms with Gasteiger partial charge in [0.2, 0.25) is 0 Å². The molecule has 4 heteroatoms. The Kier molecular flexibility index (Phi) is 3.19. The molecule has 25 heavy (non-hydrogen) atoms. The van der Waals surface area contributed by atoms with Gasteiger partial charge in [0.25, 0.3) is 0 Å². The van der Waals surface area contributed by atoms with E-state index < -0.39 is 47.8 Å². The van der Waals surface area contributed by atoms with Crippen molar-refractivity contribution in [3.05, 3.63) is 65.1 Å². The van der Waals surface area contributed by atoms with Crippen LogP contribution >= 0.6 is 11.6 Å². The molecule has 0 amide bonds. The number of hydrogen-bond acceptors (Lipinski definition) is 3. The monoisotopic (exact) mass is 360 g/mol. The third kappa shape index (κ3) is 3.19. The van der Waals surface area contributed by atoms with E-state index in [2.05, 4.69) is 4.90 Å². The summed E-state index contributed by atoms with van der Waals surface area (Å²) in [5.74, 6) is -1.57. The quantitative estimate of drug-likeness (QED) is 0.595. The second-order valence-electron chi connectivity index (χ2n) is 6.76. The number of nitrogens with zero attached hydrogens (tertiary/aromatic N) is 1. The molecule has 2 aromatic rings. The number of hydrogen-bond donors (Lipinski definition) is 0. The summed E-state index contributed by atoms with van der Waals surface area (Å²) in [4.78, 5) is 15.6. The molecule has 0 radical (unpaired) electrons. The number of benzene rings is 2. The number of halogens is 1. The van der Waals surface area contributed by atoms with Gasteiger partial charge in [-0.3, -0.25) is 9.69 Å². The average Bonchev–Trinajstić information content (AvgIpc) is 2.96. The molecule has 0 unspecified atom stereocenters. The summed E-state index contributed by atoms with van der Waals surface area (Å²) in [5, 5.41) is 0.618. The van der Waals surface area contributed by atoms with Crippen molar-refractivity contribution in [1.29, 1.82) is 0 Å². The van der Waals surface area contributed by atoms with Gasteiger partial charge in [-0.2, -0.15) is 0 Å². The Labute approximate surface area is 160 Å². The van der Waals surface area contributed by atoms with Gasteiger partial charge in [-0.05, 0) is 56.1 Å². The minimum atomic E-state index is -0.564. The van der Waals surface area contributed by atoms with Crippen molar-refractivity contribution < 1.29 is 16.4 Å². The van der Waals surface area contributed by atoms with Gasteiger partial charge in [0.15, 0.2) is 0 Å². The Hall–Kier alpha value is -1.84. The van der Waals surface area contributed by atoms with Crippen LogP contribution < -0.4 is 4.74 Å². The van der Waals surface area contributed by atoms with Crippen molar-refractivity contribution in [2.45, 2.75) is 37.3 Å². The number of para-hydroxylation sites is 1. The molecule has 0 aromatic heterocycles. The van der Waals surface area contributed by atoms with Crippen LogP contribution in [-0.2, 0) is 4.79 Å².